The van der Waals surface area contributed by atoms with Crippen molar-refractivity contribution in [3.63, 3.8) is 0 Å². The van der Waals surface area contributed by atoms with E-state index < -0.39 is 132 Å². The number of rotatable bonds is 14. The van der Waals surface area contributed by atoms with Gasteiger partial charge in [0.1, 0.15) is 12.1 Å². The van der Waals surface area contributed by atoms with Crippen LogP contribution < -0.4 is 77.0 Å². The molecule has 0 saturated carbocycles. The van der Waals surface area contributed by atoms with E-state index in [4.69, 9.17) is 34.4 Å². The molecule has 0 unspecified atom stereocenters. The van der Waals surface area contributed by atoms with Gasteiger partial charge in [0, 0.05) is 40.9 Å². The first-order valence-electron chi connectivity index (χ1n) is 26.9. The first kappa shape index (κ1) is 76.6. The van der Waals surface area contributed by atoms with Crippen LogP contribution in [0.4, 0.5) is 0 Å². The first-order valence-corrected chi connectivity index (χ1v) is 28.0. The summed E-state index contributed by atoms with van der Waals surface area (Å²) in [5.41, 5.74) is 56.8. The number of carboxylic acids is 2. The largest absolute Gasteiger partial charge is 0.680 e. The summed E-state index contributed by atoms with van der Waals surface area (Å²) < 4.78 is 0.752. The van der Waals surface area contributed by atoms with Crippen LogP contribution in [-0.4, -0.2) is 169 Å². The number of nitrogens with zero attached hydrogens (tertiary/aromatic N) is 2. The number of carbonyl (C=O) groups excluding carboxylic acids is 10. The van der Waals surface area contributed by atoms with Gasteiger partial charge in [-0.3, -0.25) is 78.4 Å². The molecule has 33 heteroatoms. The maximum Gasteiger partial charge on any atom is 0.305 e. The fourth-order valence-corrected chi connectivity index (χ4v) is 8.39. The molecule has 0 radical (unpaired) electrons. The average Bonchev–Trinajstić information content (AvgIpc) is 2.90. The molecule has 0 aliphatic carbocycles. The minimum absolute atomic E-state index is 0.0723. The Balaban J connectivity index is 0.000000813. The third kappa shape index (κ3) is 26.4. The Morgan fingerprint density at radius 3 is 1.29 bits per heavy atom. The van der Waals surface area contributed by atoms with Crippen LogP contribution in [0.3, 0.4) is 0 Å². The van der Waals surface area contributed by atoms with Crippen molar-refractivity contribution in [2.45, 2.75) is 122 Å². The summed E-state index contributed by atoms with van der Waals surface area (Å²) >= 11 is 2.04. The summed E-state index contributed by atoms with van der Waals surface area (Å²) in [6.07, 6.45) is -0.538. The summed E-state index contributed by atoms with van der Waals surface area (Å²) in [4.78, 5) is 160. The van der Waals surface area contributed by atoms with E-state index in [1.54, 1.807) is 52.8 Å². The van der Waals surface area contributed by atoms with Gasteiger partial charge in [-0.1, -0.05) is 39.8 Å². The van der Waals surface area contributed by atoms with E-state index in [9.17, 15) is 67.7 Å². The van der Waals surface area contributed by atoms with Crippen LogP contribution in [0.25, 0.3) is 11.5 Å². The fourth-order valence-electron chi connectivity index (χ4n) is 7.87. The lowest BCUT2D eigenvalue weighted by Gasteiger charge is -2.25. The molecular weight excluding hydrogens is 1240 g/mol. The van der Waals surface area contributed by atoms with Crippen LogP contribution in [0.1, 0.15) is 104 Å². The van der Waals surface area contributed by atoms with Crippen molar-refractivity contribution < 1.29 is 67.7 Å². The number of guanidine groups is 2. The molecular formula is C53H81IN18O14-2. The quantitative estimate of drug-likeness (QED) is 0.0309. The molecule has 6 atom stereocenters. The summed E-state index contributed by atoms with van der Waals surface area (Å²) in [5.74, 6) is -12.0. The molecule has 0 saturated heterocycles. The number of hydrogen-bond donors (Lipinski definition) is 16. The van der Waals surface area contributed by atoms with Gasteiger partial charge in [-0.25, -0.2) is 32.6 Å². The van der Waals surface area contributed by atoms with Crippen LogP contribution in [0, 0.1) is 22.3 Å². The number of nitrogens with one attached hydrogen (secondary N) is 12. The third-order valence-electron chi connectivity index (χ3n) is 12.5. The number of fused-ring (bicyclic) bond motifs is 4. The normalized spacial score (nSPS) is 20.8. The standard InChI is InChI=1S/C26H38N8O7.C25H35IN8O7.2CH4N/c1-13(2)21-24(40)22(38)15-7-6-14(3)16(9-15)11-31-32-18(10-20(36)37)25(41)30-12-19(35)23(39)17(33-34-21)5-4-8-29-26(27)28;1-12(2)20-23(40)21(38)13-5-6-15(26)14(8-13)10-31-32-17(9-19(36)37)24(41)30-11-18(35)22(39)16(33-34-20)4-3-7-29-25(27)28;2*1-2/h6-7,9,13,17-18,21,31-34H,4-5,8,10-12H2,1-3H3,(H,30,41)(H,36,37)(H4,27,28,29);5-6,8,12,16-17,20,31-34H,3-4,7,9-11H2,1-2H3,(H,30,41)(H,36,37)(H4,27,28,29);2*2H,1H3/q;;2*-1/t17-,18-,21-;16-,17-,20-;;/m00../s1. The van der Waals surface area contributed by atoms with E-state index in [0.717, 1.165) is 9.13 Å². The predicted octanol–water partition coefficient (Wildman–Crippen LogP) is -2.38. The number of carboxylic acid groups (broad SMARTS) is 2. The number of benzene rings is 2. The van der Waals surface area contributed by atoms with Gasteiger partial charge in [-0.15, -0.1) is 0 Å². The van der Waals surface area contributed by atoms with Crippen molar-refractivity contribution in [3.8, 4) is 0 Å². The van der Waals surface area contributed by atoms with E-state index >= 15 is 0 Å². The Morgan fingerprint density at radius 1 is 0.547 bits per heavy atom. The molecule has 2 aliphatic rings. The van der Waals surface area contributed by atoms with Crippen molar-refractivity contribution in [2.75, 3.05) is 40.3 Å². The second-order valence-electron chi connectivity index (χ2n) is 19.7. The van der Waals surface area contributed by atoms with Gasteiger partial charge >= 0.3 is 11.9 Å². The Labute approximate surface area is 510 Å². The minimum atomic E-state index is -1.29. The second-order valence-corrected chi connectivity index (χ2v) is 20.8. The molecule has 86 heavy (non-hydrogen) atoms. The van der Waals surface area contributed by atoms with Crippen molar-refractivity contribution in [3.05, 3.63) is 79.3 Å². The number of amides is 2. The number of halogens is 1. The van der Waals surface area contributed by atoms with Crippen molar-refractivity contribution in [2.24, 2.45) is 44.8 Å². The van der Waals surface area contributed by atoms with E-state index in [1.165, 1.54) is 32.3 Å². The van der Waals surface area contributed by atoms with Crippen LogP contribution in [0.5, 0.6) is 0 Å². The van der Waals surface area contributed by atoms with Gasteiger partial charge < -0.3 is 55.2 Å². The van der Waals surface area contributed by atoms with Crippen molar-refractivity contribution in [1.82, 2.24) is 54.0 Å². The summed E-state index contributed by atoms with van der Waals surface area (Å²) in [6.45, 7) is 7.76. The molecule has 2 heterocycles. The molecule has 4 bridgehead atoms. The number of ketones is 8. The molecule has 2 amide bonds. The van der Waals surface area contributed by atoms with Crippen LogP contribution in [0.15, 0.2) is 46.4 Å². The van der Waals surface area contributed by atoms with Gasteiger partial charge in [-0.05, 0) is 108 Å². The van der Waals surface area contributed by atoms with Crippen LogP contribution >= 0.6 is 22.6 Å². The van der Waals surface area contributed by atoms with Crippen molar-refractivity contribution in [1.29, 1.82) is 0 Å². The van der Waals surface area contributed by atoms with Gasteiger partial charge in [0.05, 0.1) is 50.1 Å². The molecule has 2 aromatic rings. The predicted molar refractivity (Wildman–Crippen MR) is 325 cm³/mol. The highest BCUT2D eigenvalue weighted by atomic mass is 127. The van der Waals surface area contributed by atoms with Gasteiger partial charge in [0.2, 0.25) is 58.1 Å². The molecule has 476 valence electrons. The molecule has 0 aromatic heterocycles. The van der Waals surface area contributed by atoms with E-state index in [-0.39, 0.29) is 86.7 Å². The summed E-state index contributed by atoms with van der Waals surface area (Å²) in [6, 6.07) is 2.47. The van der Waals surface area contributed by atoms with E-state index in [2.05, 4.69) is 64.0 Å². The smallest absolute Gasteiger partial charge is 0.305 e. The summed E-state index contributed by atoms with van der Waals surface area (Å²) in [5, 5.41) is 23.1. The van der Waals surface area contributed by atoms with Crippen molar-refractivity contribution >= 4 is 105 Å². The number of nitrogens with two attached hydrogens (primary N) is 4. The summed E-state index contributed by atoms with van der Waals surface area (Å²) in [7, 11) is 2.50. The zero-order chi connectivity index (χ0) is 65.4. The number of hydrazine groups is 4. The average molecular weight is 1320 g/mol. The minimum Gasteiger partial charge on any atom is -0.680 e. The number of hydrogen-bond acceptors (Lipinski definition) is 22. The zero-order valence-corrected chi connectivity index (χ0v) is 51.1. The molecule has 0 spiro atoms. The van der Waals surface area contributed by atoms with E-state index in [0.29, 0.717) is 11.1 Å². The topological polar surface area (TPSA) is 542 Å². The number of aliphatic imine (C=N–C) groups is 2. The number of Topliss-reactive ketones (excluding diaryl/α,β-unsaturated/α-hetero) is 8. The monoisotopic (exact) mass is 1320 g/mol. The second kappa shape index (κ2) is 40.0. The SMILES string of the molecule is CC(C)[C@@H]1NN[C@@H](CCCN=C(N)N)C(=O)C(=O)CNC(=O)[C@H](CC(=O)O)NNCc2cc(ccc2I)C(=O)C1=O.C[NH-].C[NH-].Cc1ccc2cc1CNN[C@@H](CC(=O)O)C(=O)NCC(=O)C(=O)[C@H](CCCN=C(N)N)NN[C@@H](C(C)C)C(=O)C2=O. The number of aliphatic carboxylic acids is 2. The Kier molecular flexibility index (Phi) is 35.6. The number of carbonyl (C=O) groups is 12. The van der Waals surface area contributed by atoms with Crippen LogP contribution in [-0.2, 0) is 61.0 Å². The molecule has 2 aromatic carbocycles. The molecule has 4 rings (SSSR count). The molecule has 2 aliphatic heterocycles. The first-order chi connectivity index (χ1) is 40.6. The lowest BCUT2D eigenvalue weighted by atomic mass is 9.93. The lowest BCUT2D eigenvalue weighted by molar-refractivity contribution is -0.141. The van der Waals surface area contributed by atoms with Gasteiger partial charge in [0.25, 0.3) is 0 Å². The van der Waals surface area contributed by atoms with Crippen LogP contribution in [0.2, 0.25) is 0 Å². The maximum atomic E-state index is 13.3. The lowest BCUT2D eigenvalue weighted by Crippen LogP contribution is -2.57. The Hall–Kier alpha value is -7.45. The highest BCUT2D eigenvalue weighted by molar-refractivity contribution is 14.1. The highest BCUT2D eigenvalue weighted by Crippen LogP contribution is 2.18. The van der Waals surface area contributed by atoms with E-state index in [1.807, 2.05) is 22.6 Å². The molecule has 22 N–H and O–H groups in total. The Bertz CT molecular complexity index is 2590. The fraction of sp³-hybridized carbons (Fsp3) is 0.509. The molecule has 32 nitrogen and oxygen atoms in total. The third-order valence-corrected chi connectivity index (χ3v) is 13.6. The Morgan fingerprint density at radius 2 is 0.919 bits per heavy atom. The van der Waals surface area contributed by atoms with Gasteiger partial charge in [0.15, 0.2) is 11.9 Å². The number of aryl methyl sites for hydroxylation is 1. The van der Waals surface area contributed by atoms with Gasteiger partial charge in [-0.2, -0.15) is 14.1 Å². The highest BCUT2D eigenvalue weighted by Gasteiger charge is 2.35. The zero-order valence-electron chi connectivity index (χ0n) is 48.9. The molecule has 0 fully saturated rings. The maximum absolute atomic E-state index is 13.3.